The maximum Gasteiger partial charge on any atom is 0.258 e. The Balaban J connectivity index is 1.98. The SMILES string of the molecule is COc1ccc(OC)c([C@H](C)NC(=O)COc2cccc(C)c2)c1. The van der Waals surface area contributed by atoms with E-state index in [1.54, 1.807) is 14.2 Å². The Morgan fingerprint density at radius 1 is 1.08 bits per heavy atom. The molecule has 0 aliphatic heterocycles. The molecule has 0 fully saturated rings. The van der Waals surface area contributed by atoms with Gasteiger partial charge in [-0.1, -0.05) is 12.1 Å². The maximum absolute atomic E-state index is 12.1. The Hall–Kier alpha value is -2.69. The largest absolute Gasteiger partial charge is 0.497 e. The average Bonchev–Trinajstić information content (AvgIpc) is 2.59. The number of nitrogens with one attached hydrogen (secondary N) is 1. The standard InChI is InChI=1S/C19H23NO4/c1-13-6-5-7-16(10-13)24-12-19(21)20-14(2)17-11-15(22-3)8-9-18(17)23-4/h5-11,14H,12H2,1-4H3,(H,20,21)/t14-/m0/s1. The van der Waals surface area contributed by atoms with E-state index in [-0.39, 0.29) is 18.6 Å². The third-order valence-corrected chi connectivity index (χ3v) is 3.64. The van der Waals surface area contributed by atoms with Crippen LogP contribution in [-0.2, 0) is 4.79 Å². The number of hydrogen-bond acceptors (Lipinski definition) is 4. The van der Waals surface area contributed by atoms with Gasteiger partial charge >= 0.3 is 0 Å². The number of aryl methyl sites for hydroxylation is 1. The molecule has 0 saturated heterocycles. The number of ether oxygens (including phenoxy) is 3. The molecule has 24 heavy (non-hydrogen) atoms. The second-order valence-corrected chi connectivity index (χ2v) is 5.50. The molecule has 0 unspecified atom stereocenters. The van der Waals surface area contributed by atoms with E-state index in [2.05, 4.69) is 5.32 Å². The first kappa shape index (κ1) is 17.7. The van der Waals surface area contributed by atoms with Crippen LogP contribution in [0, 0.1) is 6.92 Å². The van der Waals surface area contributed by atoms with Gasteiger partial charge in [0.25, 0.3) is 5.91 Å². The summed E-state index contributed by atoms with van der Waals surface area (Å²) in [5, 5.41) is 2.91. The van der Waals surface area contributed by atoms with E-state index in [9.17, 15) is 4.79 Å². The number of rotatable bonds is 7. The minimum atomic E-state index is -0.233. The number of carbonyl (C=O) groups excluding carboxylic acids is 1. The molecule has 2 aromatic rings. The molecule has 128 valence electrons. The quantitative estimate of drug-likeness (QED) is 0.847. The third-order valence-electron chi connectivity index (χ3n) is 3.64. The van der Waals surface area contributed by atoms with Crippen molar-refractivity contribution in [2.24, 2.45) is 0 Å². The van der Waals surface area contributed by atoms with Crippen LogP contribution in [-0.4, -0.2) is 26.7 Å². The lowest BCUT2D eigenvalue weighted by molar-refractivity contribution is -0.123. The molecule has 0 aliphatic rings. The lowest BCUT2D eigenvalue weighted by Gasteiger charge is -2.18. The Morgan fingerprint density at radius 2 is 1.88 bits per heavy atom. The first-order valence-electron chi connectivity index (χ1n) is 7.74. The highest BCUT2D eigenvalue weighted by molar-refractivity contribution is 5.78. The van der Waals surface area contributed by atoms with Crippen LogP contribution in [0.15, 0.2) is 42.5 Å². The van der Waals surface area contributed by atoms with Gasteiger partial charge in [0.05, 0.1) is 20.3 Å². The molecule has 0 saturated carbocycles. The number of hydrogen-bond donors (Lipinski definition) is 1. The van der Waals surface area contributed by atoms with Crippen LogP contribution in [0.3, 0.4) is 0 Å². The summed E-state index contributed by atoms with van der Waals surface area (Å²) >= 11 is 0. The van der Waals surface area contributed by atoms with Gasteiger partial charge in [0.2, 0.25) is 0 Å². The van der Waals surface area contributed by atoms with E-state index < -0.39 is 0 Å². The zero-order valence-corrected chi connectivity index (χ0v) is 14.5. The number of benzene rings is 2. The van der Waals surface area contributed by atoms with Gasteiger partial charge in [0.1, 0.15) is 17.2 Å². The van der Waals surface area contributed by atoms with Crippen molar-refractivity contribution >= 4 is 5.91 Å². The van der Waals surface area contributed by atoms with Gasteiger partial charge in [-0.15, -0.1) is 0 Å². The fraction of sp³-hybridized carbons (Fsp3) is 0.316. The van der Waals surface area contributed by atoms with Gasteiger partial charge in [-0.3, -0.25) is 4.79 Å². The minimum Gasteiger partial charge on any atom is -0.497 e. The van der Waals surface area contributed by atoms with Gasteiger partial charge in [-0.2, -0.15) is 0 Å². The van der Waals surface area contributed by atoms with Crippen molar-refractivity contribution in [2.45, 2.75) is 19.9 Å². The van der Waals surface area contributed by atoms with Crippen molar-refractivity contribution < 1.29 is 19.0 Å². The van der Waals surface area contributed by atoms with Crippen LogP contribution in [0.1, 0.15) is 24.1 Å². The van der Waals surface area contributed by atoms with E-state index in [4.69, 9.17) is 14.2 Å². The molecule has 1 amide bonds. The van der Waals surface area contributed by atoms with Gasteiger partial charge in [0.15, 0.2) is 6.61 Å². The van der Waals surface area contributed by atoms with Crippen molar-refractivity contribution in [2.75, 3.05) is 20.8 Å². The van der Waals surface area contributed by atoms with Crippen LogP contribution < -0.4 is 19.5 Å². The predicted molar refractivity (Wildman–Crippen MR) is 92.8 cm³/mol. The summed E-state index contributed by atoms with van der Waals surface area (Å²) in [6, 6.07) is 12.8. The lowest BCUT2D eigenvalue weighted by atomic mass is 10.1. The van der Waals surface area contributed by atoms with Gasteiger partial charge < -0.3 is 19.5 Å². The molecule has 2 aromatic carbocycles. The monoisotopic (exact) mass is 329 g/mol. The van der Waals surface area contributed by atoms with E-state index in [1.165, 1.54) is 0 Å². The summed E-state index contributed by atoms with van der Waals surface area (Å²) < 4.78 is 16.1. The fourth-order valence-electron chi connectivity index (χ4n) is 2.39. The van der Waals surface area contributed by atoms with E-state index >= 15 is 0 Å². The number of amides is 1. The number of methoxy groups -OCH3 is 2. The van der Waals surface area contributed by atoms with Gasteiger partial charge in [0, 0.05) is 5.56 Å². The maximum atomic E-state index is 12.1. The molecule has 0 bridgehead atoms. The molecule has 0 spiro atoms. The summed E-state index contributed by atoms with van der Waals surface area (Å²) in [7, 11) is 3.20. The molecule has 0 aromatic heterocycles. The van der Waals surface area contributed by atoms with Crippen LogP contribution >= 0.6 is 0 Å². The Kier molecular flexibility index (Phi) is 6.07. The second kappa shape index (κ2) is 8.24. The predicted octanol–water partition coefficient (Wildman–Crippen LogP) is 3.27. The summed E-state index contributed by atoms with van der Waals surface area (Å²) in [5.74, 6) is 1.89. The van der Waals surface area contributed by atoms with E-state index in [0.717, 1.165) is 11.1 Å². The smallest absolute Gasteiger partial charge is 0.258 e. The minimum absolute atomic E-state index is 0.0416. The first-order valence-corrected chi connectivity index (χ1v) is 7.74. The lowest BCUT2D eigenvalue weighted by Crippen LogP contribution is -2.31. The highest BCUT2D eigenvalue weighted by Crippen LogP contribution is 2.29. The molecule has 0 aliphatic carbocycles. The van der Waals surface area contributed by atoms with Gasteiger partial charge in [-0.05, 0) is 49.7 Å². The van der Waals surface area contributed by atoms with Crippen molar-refractivity contribution in [3.8, 4) is 17.2 Å². The summed E-state index contributed by atoms with van der Waals surface area (Å²) in [6.07, 6.45) is 0. The van der Waals surface area contributed by atoms with Crippen molar-refractivity contribution in [1.82, 2.24) is 5.32 Å². The summed E-state index contributed by atoms with van der Waals surface area (Å²) in [5.41, 5.74) is 1.93. The zero-order chi connectivity index (χ0) is 17.5. The van der Waals surface area contributed by atoms with Crippen LogP contribution in [0.2, 0.25) is 0 Å². The summed E-state index contributed by atoms with van der Waals surface area (Å²) in [4.78, 5) is 12.1. The topological polar surface area (TPSA) is 56.8 Å². The van der Waals surface area contributed by atoms with Crippen LogP contribution in [0.25, 0.3) is 0 Å². The molecular formula is C19H23NO4. The normalized spacial score (nSPS) is 11.5. The summed E-state index contributed by atoms with van der Waals surface area (Å²) in [6.45, 7) is 3.83. The molecular weight excluding hydrogens is 306 g/mol. The second-order valence-electron chi connectivity index (χ2n) is 5.50. The molecule has 5 nitrogen and oxygen atoms in total. The molecule has 0 heterocycles. The van der Waals surface area contributed by atoms with Crippen molar-refractivity contribution in [3.05, 3.63) is 53.6 Å². The Labute approximate surface area is 142 Å². The molecule has 2 rings (SSSR count). The molecule has 1 atom stereocenters. The molecule has 5 heteroatoms. The Bertz CT molecular complexity index is 700. The zero-order valence-electron chi connectivity index (χ0n) is 14.5. The van der Waals surface area contributed by atoms with E-state index in [0.29, 0.717) is 17.2 Å². The third kappa shape index (κ3) is 4.65. The highest BCUT2D eigenvalue weighted by Gasteiger charge is 2.15. The molecule has 0 radical (unpaired) electrons. The van der Waals surface area contributed by atoms with Crippen LogP contribution in [0.4, 0.5) is 0 Å². The van der Waals surface area contributed by atoms with Crippen molar-refractivity contribution in [1.29, 1.82) is 0 Å². The molecule has 1 N–H and O–H groups in total. The average molecular weight is 329 g/mol. The number of carbonyl (C=O) groups is 1. The van der Waals surface area contributed by atoms with Crippen LogP contribution in [0.5, 0.6) is 17.2 Å². The van der Waals surface area contributed by atoms with E-state index in [1.807, 2.05) is 56.3 Å². The highest BCUT2D eigenvalue weighted by atomic mass is 16.5. The van der Waals surface area contributed by atoms with Gasteiger partial charge in [-0.25, -0.2) is 0 Å². The first-order chi connectivity index (χ1) is 11.5. The fourth-order valence-corrected chi connectivity index (χ4v) is 2.39. The Morgan fingerprint density at radius 3 is 2.54 bits per heavy atom. The van der Waals surface area contributed by atoms with Crippen molar-refractivity contribution in [3.63, 3.8) is 0 Å².